The zero-order chi connectivity index (χ0) is 28.9. The zero-order valence-corrected chi connectivity index (χ0v) is 23.9. The molecule has 3 rings (SSSR count). The maximum absolute atomic E-state index is 13.1. The summed E-state index contributed by atoms with van der Waals surface area (Å²) < 4.78 is 43.5. The Morgan fingerprint density at radius 2 is 1.23 bits per heavy atom. The highest BCUT2D eigenvalue weighted by molar-refractivity contribution is 5.76. The number of hydrogen-bond donors (Lipinski definition) is 0. The highest BCUT2D eigenvalue weighted by atomic mass is 19.4. The molecule has 0 fully saturated rings. The van der Waals surface area contributed by atoms with Crippen LogP contribution in [0.1, 0.15) is 89.0 Å². The van der Waals surface area contributed by atoms with Crippen molar-refractivity contribution in [3.63, 3.8) is 0 Å². The normalized spacial score (nSPS) is 13.7. The van der Waals surface area contributed by atoms with E-state index in [1.165, 1.54) is 11.1 Å². The number of halogens is 3. The van der Waals surface area contributed by atoms with Crippen molar-refractivity contribution in [1.29, 1.82) is 0 Å². The van der Waals surface area contributed by atoms with Crippen molar-refractivity contribution >= 4 is 5.97 Å². The molecule has 0 aliphatic rings. The summed E-state index contributed by atoms with van der Waals surface area (Å²) >= 11 is 0. The maximum Gasteiger partial charge on any atom is 0.422 e. The summed E-state index contributed by atoms with van der Waals surface area (Å²) in [5.74, 6) is -0.694. The fraction of sp³-hybridized carbons (Fsp3) is 0.441. The third kappa shape index (κ3) is 7.74. The first kappa shape index (κ1) is 30.5. The van der Waals surface area contributed by atoms with Gasteiger partial charge in [0.05, 0.1) is 5.41 Å². The van der Waals surface area contributed by atoms with Crippen LogP contribution in [0, 0.1) is 5.41 Å². The minimum Gasteiger partial charge on any atom is -0.456 e. The molecule has 3 aromatic rings. The van der Waals surface area contributed by atoms with E-state index in [-0.39, 0.29) is 11.3 Å². The van der Waals surface area contributed by atoms with Crippen LogP contribution in [0.3, 0.4) is 0 Å². The molecule has 2 nitrogen and oxygen atoms in total. The van der Waals surface area contributed by atoms with Gasteiger partial charge >= 0.3 is 12.1 Å². The van der Waals surface area contributed by atoms with E-state index in [2.05, 4.69) is 76.2 Å². The average molecular weight is 539 g/mol. The van der Waals surface area contributed by atoms with Crippen LogP contribution in [0.15, 0.2) is 84.9 Å². The lowest BCUT2D eigenvalue weighted by molar-refractivity contribution is -0.193. The molecular formula is C34H41F3O2. The van der Waals surface area contributed by atoms with E-state index in [4.69, 9.17) is 4.74 Å². The Bertz CT molecular complexity index is 1150. The van der Waals surface area contributed by atoms with E-state index < -0.39 is 29.6 Å². The van der Waals surface area contributed by atoms with Gasteiger partial charge in [-0.2, -0.15) is 13.2 Å². The lowest BCUT2D eigenvalue weighted by Crippen LogP contribution is -2.40. The van der Waals surface area contributed by atoms with Gasteiger partial charge in [0, 0.05) is 5.41 Å². The van der Waals surface area contributed by atoms with E-state index in [0.717, 1.165) is 17.5 Å². The molecular weight excluding hydrogens is 497 g/mol. The molecule has 0 heterocycles. The Morgan fingerprint density at radius 1 is 0.744 bits per heavy atom. The third-order valence-electron chi connectivity index (χ3n) is 7.65. The molecule has 1 atom stereocenters. The molecule has 0 aliphatic heterocycles. The first-order valence-corrected chi connectivity index (χ1v) is 13.6. The molecule has 0 amide bonds. The fourth-order valence-electron chi connectivity index (χ4n) is 5.54. The van der Waals surface area contributed by atoms with Crippen LogP contribution in [0.2, 0.25) is 0 Å². The molecule has 0 aromatic heterocycles. The van der Waals surface area contributed by atoms with Gasteiger partial charge < -0.3 is 4.74 Å². The molecule has 0 bridgehead atoms. The number of carbonyl (C=O) groups is 1. The third-order valence-corrected chi connectivity index (χ3v) is 7.65. The maximum atomic E-state index is 13.1. The number of carbonyl (C=O) groups excluding carboxylic acids is 1. The Balaban J connectivity index is 2.12. The highest BCUT2D eigenvalue weighted by Gasteiger charge is 2.45. The van der Waals surface area contributed by atoms with E-state index in [0.29, 0.717) is 12.8 Å². The summed E-state index contributed by atoms with van der Waals surface area (Å²) in [6.07, 6.45) is -2.73. The average Bonchev–Trinajstić information content (AvgIpc) is 2.89. The molecule has 0 saturated heterocycles. The van der Waals surface area contributed by atoms with Crippen molar-refractivity contribution in [2.24, 2.45) is 5.41 Å². The Hall–Kier alpha value is -3.08. The van der Waals surface area contributed by atoms with Crippen molar-refractivity contribution in [3.8, 4) is 0 Å². The Morgan fingerprint density at radius 3 is 1.64 bits per heavy atom. The van der Waals surface area contributed by atoms with Gasteiger partial charge in [0.2, 0.25) is 0 Å². The largest absolute Gasteiger partial charge is 0.456 e. The van der Waals surface area contributed by atoms with Gasteiger partial charge in [-0.25, -0.2) is 0 Å². The lowest BCUT2D eigenvalue weighted by atomic mass is 9.61. The lowest BCUT2D eigenvalue weighted by Gasteiger charge is -2.42. The summed E-state index contributed by atoms with van der Waals surface area (Å²) in [6.45, 7) is 10.5. The molecule has 0 spiro atoms. The van der Waals surface area contributed by atoms with Gasteiger partial charge in [0.15, 0.2) is 6.61 Å². The van der Waals surface area contributed by atoms with E-state index >= 15 is 0 Å². The zero-order valence-electron chi connectivity index (χ0n) is 23.9. The van der Waals surface area contributed by atoms with E-state index in [1.54, 1.807) is 13.8 Å². The van der Waals surface area contributed by atoms with Crippen LogP contribution in [0.5, 0.6) is 0 Å². The summed E-state index contributed by atoms with van der Waals surface area (Å²) in [7, 11) is 0. The Labute approximate surface area is 231 Å². The van der Waals surface area contributed by atoms with Gasteiger partial charge in [0.1, 0.15) is 0 Å². The number of alkyl halides is 3. The topological polar surface area (TPSA) is 26.3 Å². The van der Waals surface area contributed by atoms with Crippen LogP contribution in [-0.4, -0.2) is 18.8 Å². The minimum absolute atomic E-state index is 0.0406. The van der Waals surface area contributed by atoms with Crippen LogP contribution >= 0.6 is 0 Å². The van der Waals surface area contributed by atoms with Crippen LogP contribution < -0.4 is 0 Å². The minimum atomic E-state index is -4.58. The van der Waals surface area contributed by atoms with Gasteiger partial charge in [-0.15, -0.1) is 0 Å². The standard InChI is InChI=1S/C34H41F3O2/c1-7-25(26-18-20-27(21-19-26)31(2,3)4)22-33(28-14-10-8-11-15-28,29-16-12-9-13-17-29)23-32(5,6)30(38)39-24-34(35,36)37/h8-21,25H,7,22-24H2,1-6H3. The van der Waals surface area contributed by atoms with E-state index in [9.17, 15) is 18.0 Å². The number of ether oxygens (including phenoxy) is 1. The molecule has 5 heteroatoms. The second-order valence-electron chi connectivity index (χ2n) is 12.2. The SMILES string of the molecule is CCC(CC(CC(C)(C)C(=O)OCC(F)(F)F)(c1ccccc1)c1ccccc1)c1ccc(C(C)(C)C)cc1. The predicted molar refractivity (Wildman–Crippen MR) is 152 cm³/mol. The van der Waals surface area contributed by atoms with Gasteiger partial charge in [-0.1, -0.05) is 113 Å². The predicted octanol–water partition coefficient (Wildman–Crippen LogP) is 9.38. The van der Waals surface area contributed by atoms with Crippen molar-refractivity contribution in [2.75, 3.05) is 6.61 Å². The number of rotatable bonds is 10. The number of benzene rings is 3. The highest BCUT2D eigenvalue weighted by Crippen LogP contribution is 2.49. The molecule has 0 radical (unpaired) electrons. The van der Waals surface area contributed by atoms with Crippen molar-refractivity contribution < 1.29 is 22.7 Å². The van der Waals surface area contributed by atoms with Gasteiger partial charge in [0.25, 0.3) is 0 Å². The monoisotopic (exact) mass is 538 g/mol. The molecule has 210 valence electrons. The summed E-state index contributed by atoms with van der Waals surface area (Å²) in [4.78, 5) is 13.1. The molecule has 3 aromatic carbocycles. The summed E-state index contributed by atoms with van der Waals surface area (Å²) in [5.41, 5.74) is 2.73. The quantitative estimate of drug-likeness (QED) is 0.240. The first-order valence-electron chi connectivity index (χ1n) is 13.6. The van der Waals surface area contributed by atoms with Crippen molar-refractivity contribution in [2.45, 2.75) is 83.7 Å². The molecule has 0 N–H and O–H groups in total. The number of esters is 1. The fourth-order valence-corrected chi connectivity index (χ4v) is 5.54. The second-order valence-corrected chi connectivity index (χ2v) is 12.2. The summed E-state index contributed by atoms with van der Waals surface area (Å²) in [5, 5.41) is 0. The van der Waals surface area contributed by atoms with Gasteiger partial charge in [-0.3, -0.25) is 4.79 Å². The van der Waals surface area contributed by atoms with E-state index in [1.807, 2.05) is 36.4 Å². The van der Waals surface area contributed by atoms with Crippen LogP contribution in [0.25, 0.3) is 0 Å². The molecule has 1 unspecified atom stereocenters. The second kappa shape index (κ2) is 12.0. The molecule has 39 heavy (non-hydrogen) atoms. The van der Waals surface area contributed by atoms with Crippen LogP contribution in [-0.2, 0) is 20.4 Å². The number of hydrogen-bond acceptors (Lipinski definition) is 2. The molecule has 0 saturated carbocycles. The van der Waals surface area contributed by atoms with Crippen LogP contribution in [0.4, 0.5) is 13.2 Å². The van der Waals surface area contributed by atoms with Crippen molar-refractivity contribution in [1.82, 2.24) is 0 Å². The first-order chi connectivity index (χ1) is 18.2. The smallest absolute Gasteiger partial charge is 0.422 e. The summed E-state index contributed by atoms with van der Waals surface area (Å²) in [6, 6.07) is 28.8. The van der Waals surface area contributed by atoms with Gasteiger partial charge in [-0.05, 0) is 66.7 Å². The Kier molecular flexibility index (Phi) is 9.35. The molecule has 0 aliphatic carbocycles. The van der Waals surface area contributed by atoms with Crippen molar-refractivity contribution in [3.05, 3.63) is 107 Å².